The summed E-state index contributed by atoms with van der Waals surface area (Å²) in [6.07, 6.45) is 1.73. The van der Waals surface area contributed by atoms with Crippen molar-refractivity contribution in [2.24, 2.45) is 7.05 Å². The molecule has 0 atom stereocenters. The Kier molecular flexibility index (Phi) is 3.70. The summed E-state index contributed by atoms with van der Waals surface area (Å²) in [6, 6.07) is 8.19. The first kappa shape index (κ1) is 12.3. The minimum Gasteiger partial charge on any atom is -0.307 e. The van der Waals surface area contributed by atoms with Crippen molar-refractivity contribution in [1.82, 2.24) is 15.1 Å². The van der Waals surface area contributed by atoms with Crippen LogP contribution in [-0.4, -0.2) is 9.78 Å². The van der Waals surface area contributed by atoms with Crippen LogP contribution >= 0.6 is 0 Å². The molecular weight excluding hydrogens is 231 g/mol. The zero-order chi connectivity index (χ0) is 13.0. The van der Waals surface area contributed by atoms with Gasteiger partial charge in [0.25, 0.3) is 0 Å². The van der Waals surface area contributed by atoms with E-state index in [1.54, 1.807) is 16.9 Å². The van der Waals surface area contributed by atoms with E-state index in [9.17, 15) is 4.39 Å². The molecule has 0 fully saturated rings. The summed E-state index contributed by atoms with van der Waals surface area (Å²) in [7, 11) is 1.87. The predicted octanol–water partition coefficient (Wildman–Crippen LogP) is 1.72. The third kappa shape index (κ3) is 2.93. The van der Waals surface area contributed by atoms with E-state index in [1.807, 2.05) is 19.2 Å². The number of rotatable bonds is 4. The Morgan fingerprint density at radius 2 is 2.22 bits per heavy atom. The molecule has 4 nitrogen and oxygen atoms in total. The SMILES string of the molecule is Cn1nccc1CNCc1cc(F)cc(C#N)c1. The number of aromatic nitrogens is 2. The fraction of sp³-hybridized carbons (Fsp3) is 0.231. The van der Waals surface area contributed by atoms with E-state index >= 15 is 0 Å². The Balaban J connectivity index is 1.97. The van der Waals surface area contributed by atoms with E-state index in [4.69, 9.17) is 5.26 Å². The molecule has 0 spiro atoms. The largest absolute Gasteiger partial charge is 0.307 e. The Labute approximate surface area is 105 Å². The molecule has 0 saturated carbocycles. The molecule has 0 unspecified atom stereocenters. The lowest BCUT2D eigenvalue weighted by molar-refractivity contribution is 0.609. The van der Waals surface area contributed by atoms with Gasteiger partial charge in [0.05, 0.1) is 17.3 Å². The third-order valence-corrected chi connectivity index (χ3v) is 2.64. The van der Waals surface area contributed by atoms with E-state index in [-0.39, 0.29) is 5.82 Å². The van der Waals surface area contributed by atoms with Crippen molar-refractivity contribution in [3.05, 3.63) is 53.1 Å². The lowest BCUT2D eigenvalue weighted by atomic mass is 10.1. The zero-order valence-electron chi connectivity index (χ0n) is 10.0. The van der Waals surface area contributed by atoms with E-state index in [2.05, 4.69) is 10.4 Å². The third-order valence-electron chi connectivity index (χ3n) is 2.64. The van der Waals surface area contributed by atoms with Gasteiger partial charge in [-0.15, -0.1) is 0 Å². The normalized spacial score (nSPS) is 10.3. The average Bonchev–Trinajstić information content (AvgIpc) is 2.74. The molecule has 0 saturated heterocycles. The molecule has 2 aromatic rings. The Morgan fingerprint density at radius 3 is 2.89 bits per heavy atom. The molecule has 1 N–H and O–H groups in total. The minimum atomic E-state index is -0.383. The molecule has 5 heteroatoms. The van der Waals surface area contributed by atoms with E-state index in [0.29, 0.717) is 18.7 Å². The zero-order valence-corrected chi connectivity index (χ0v) is 10.0. The van der Waals surface area contributed by atoms with Gasteiger partial charge in [-0.05, 0) is 29.8 Å². The topological polar surface area (TPSA) is 53.6 Å². The molecule has 1 heterocycles. The summed E-state index contributed by atoms with van der Waals surface area (Å²) in [5.74, 6) is -0.383. The highest BCUT2D eigenvalue weighted by molar-refractivity contribution is 5.33. The number of nitrogens with zero attached hydrogens (tertiary/aromatic N) is 3. The van der Waals surface area contributed by atoms with Crippen LogP contribution in [0.2, 0.25) is 0 Å². The Morgan fingerprint density at radius 1 is 1.39 bits per heavy atom. The predicted molar refractivity (Wildman–Crippen MR) is 64.9 cm³/mol. The molecule has 0 bridgehead atoms. The highest BCUT2D eigenvalue weighted by Crippen LogP contribution is 2.08. The van der Waals surface area contributed by atoms with E-state index in [0.717, 1.165) is 11.3 Å². The highest BCUT2D eigenvalue weighted by Gasteiger charge is 2.02. The van der Waals surface area contributed by atoms with Crippen LogP contribution < -0.4 is 5.32 Å². The van der Waals surface area contributed by atoms with Crippen molar-refractivity contribution in [1.29, 1.82) is 5.26 Å². The summed E-state index contributed by atoms with van der Waals surface area (Å²) < 4.78 is 15.0. The molecule has 1 aromatic heterocycles. The van der Waals surface area contributed by atoms with Gasteiger partial charge in [-0.1, -0.05) is 0 Å². The maximum Gasteiger partial charge on any atom is 0.124 e. The number of halogens is 1. The van der Waals surface area contributed by atoms with Crippen LogP contribution in [0.5, 0.6) is 0 Å². The fourth-order valence-electron chi connectivity index (χ4n) is 1.73. The van der Waals surface area contributed by atoms with Gasteiger partial charge < -0.3 is 5.32 Å². The van der Waals surface area contributed by atoms with E-state index < -0.39 is 0 Å². The van der Waals surface area contributed by atoms with Crippen molar-refractivity contribution in [2.75, 3.05) is 0 Å². The van der Waals surface area contributed by atoms with Crippen LogP contribution in [0.3, 0.4) is 0 Å². The molecule has 0 amide bonds. The summed E-state index contributed by atoms with van der Waals surface area (Å²) in [5.41, 5.74) is 2.15. The second kappa shape index (κ2) is 5.43. The van der Waals surface area contributed by atoms with Crippen molar-refractivity contribution >= 4 is 0 Å². The van der Waals surface area contributed by atoms with Gasteiger partial charge in [0, 0.05) is 26.3 Å². The molecule has 18 heavy (non-hydrogen) atoms. The number of nitrogens with one attached hydrogen (secondary N) is 1. The van der Waals surface area contributed by atoms with Gasteiger partial charge in [0.2, 0.25) is 0 Å². The van der Waals surface area contributed by atoms with Gasteiger partial charge in [-0.3, -0.25) is 4.68 Å². The van der Waals surface area contributed by atoms with Crippen LogP contribution in [0, 0.1) is 17.1 Å². The molecular formula is C13H13FN4. The van der Waals surface area contributed by atoms with Crippen LogP contribution in [-0.2, 0) is 20.1 Å². The maximum absolute atomic E-state index is 13.2. The Bertz CT molecular complexity index is 583. The number of aryl methyl sites for hydroxylation is 1. The molecule has 0 aliphatic heterocycles. The molecule has 92 valence electrons. The Hall–Kier alpha value is -2.19. The van der Waals surface area contributed by atoms with Gasteiger partial charge in [0.15, 0.2) is 0 Å². The summed E-state index contributed by atoms with van der Waals surface area (Å²) in [6.45, 7) is 1.16. The highest BCUT2D eigenvalue weighted by atomic mass is 19.1. The fourth-order valence-corrected chi connectivity index (χ4v) is 1.73. The first-order chi connectivity index (χ1) is 8.69. The molecule has 0 aliphatic rings. The number of nitriles is 1. The second-order valence-electron chi connectivity index (χ2n) is 4.01. The van der Waals surface area contributed by atoms with Gasteiger partial charge in [-0.2, -0.15) is 10.4 Å². The number of benzene rings is 1. The van der Waals surface area contributed by atoms with Crippen molar-refractivity contribution in [3.8, 4) is 6.07 Å². The average molecular weight is 244 g/mol. The van der Waals surface area contributed by atoms with Gasteiger partial charge in [0.1, 0.15) is 5.82 Å². The number of hydrogen-bond acceptors (Lipinski definition) is 3. The molecule has 2 rings (SSSR count). The van der Waals surface area contributed by atoms with Gasteiger partial charge >= 0.3 is 0 Å². The minimum absolute atomic E-state index is 0.340. The van der Waals surface area contributed by atoms with Gasteiger partial charge in [-0.25, -0.2) is 4.39 Å². The first-order valence-corrected chi connectivity index (χ1v) is 5.56. The molecule has 1 aromatic carbocycles. The number of hydrogen-bond donors (Lipinski definition) is 1. The molecule has 0 radical (unpaired) electrons. The monoisotopic (exact) mass is 244 g/mol. The van der Waals surface area contributed by atoms with Crippen LogP contribution in [0.1, 0.15) is 16.8 Å². The van der Waals surface area contributed by atoms with Crippen LogP contribution in [0.4, 0.5) is 4.39 Å². The maximum atomic E-state index is 13.2. The standard InChI is InChI=1S/C13H13FN4/c1-18-13(2-3-17-18)9-16-8-11-4-10(7-15)5-12(14)6-11/h2-6,16H,8-9H2,1H3. The van der Waals surface area contributed by atoms with Crippen LogP contribution in [0.25, 0.3) is 0 Å². The van der Waals surface area contributed by atoms with Crippen molar-refractivity contribution < 1.29 is 4.39 Å². The van der Waals surface area contributed by atoms with E-state index in [1.165, 1.54) is 12.1 Å². The lowest BCUT2D eigenvalue weighted by Gasteiger charge is -2.06. The quantitative estimate of drug-likeness (QED) is 0.891. The summed E-state index contributed by atoms with van der Waals surface area (Å²) in [4.78, 5) is 0. The summed E-state index contributed by atoms with van der Waals surface area (Å²) >= 11 is 0. The first-order valence-electron chi connectivity index (χ1n) is 5.56. The molecule has 0 aliphatic carbocycles. The summed E-state index contributed by atoms with van der Waals surface area (Å²) in [5, 5.41) is 16.0. The lowest BCUT2D eigenvalue weighted by Crippen LogP contribution is -2.15. The smallest absolute Gasteiger partial charge is 0.124 e. The van der Waals surface area contributed by atoms with Crippen molar-refractivity contribution in [3.63, 3.8) is 0 Å². The second-order valence-corrected chi connectivity index (χ2v) is 4.01. The van der Waals surface area contributed by atoms with Crippen LogP contribution in [0.15, 0.2) is 30.5 Å². The van der Waals surface area contributed by atoms with Crippen molar-refractivity contribution in [2.45, 2.75) is 13.1 Å².